The van der Waals surface area contributed by atoms with Crippen molar-refractivity contribution in [3.63, 3.8) is 0 Å². The average molecular weight is 107 g/mol. The molecular formula is C7H9N. The van der Waals surface area contributed by atoms with E-state index < -0.39 is 0 Å². The topological polar surface area (TPSA) is 4.93 Å². The van der Waals surface area contributed by atoms with Gasteiger partial charge < -0.3 is 4.57 Å². The third kappa shape index (κ3) is 0.997. The van der Waals surface area contributed by atoms with Gasteiger partial charge in [-0.1, -0.05) is 6.08 Å². The smallest absolute Gasteiger partial charge is 0.00823 e. The summed E-state index contributed by atoms with van der Waals surface area (Å²) in [7, 11) is 0. The zero-order chi connectivity index (χ0) is 5.82. The molecule has 0 radical (unpaired) electrons. The minimum Gasteiger partial charge on any atom is -0.331 e. The summed E-state index contributed by atoms with van der Waals surface area (Å²) in [6, 6.07) is 4.00. The highest BCUT2D eigenvalue weighted by Crippen LogP contribution is 1.88. The monoisotopic (exact) mass is 107 g/mol. The molecule has 1 heteroatoms. The Labute approximate surface area is 49.3 Å². The molecule has 0 saturated heterocycles. The predicted octanol–water partition coefficient (Wildman–Crippen LogP) is 1.98. The molecule has 8 heavy (non-hydrogen) atoms. The lowest BCUT2D eigenvalue weighted by atomic mass is 10.7. The SMILES string of the molecule is CC=Cn1cccc1. The average Bonchev–Trinajstić information content (AvgIpc) is 2.19. The van der Waals surface area contributed by atoms with Gasteiger partial charge in [-0.3, -0.25) is 0 Å². The summed E-state index contributed by atoms with van der Waals surface area (Å²) in [4.78, 5) is 0. The summed E-state index contributed by atoms with van der Waals surface area (Å²) in [6.45, 7) is 2.00. The van der Waals surface area contributed by atoms with Crippen LogP contribution in [0.2, 0.25) is 0 Å². The van der Waals surface area contributed by atoms with E-state index in [1.165, 1.54) is 0 Å². The summed E-state index contributed by atoms with van der Waals surface area (Å²) in [5, 5.41) is 0. The largest absolute Gasteiger partial charge is 0.331 e. The number of aromatic nitrogens is 1. The van der Waals surface area contributed by atoms with Crippen molar-refractivity contribution in [2.45, 2.75) is 6.92 Å². The highest BCUT2D eigenvalue weighted by molar-refractivity contribution is 5.21. The van der Waals surface area contributed by atoms with Crippen LogP contribution in [0.15, 0.2) is 30.6 Å². The van der Waals surface area contributed by atoms with Gasteiger partial charge >= 0.3 is 0 Å². The first kappa shape index (κ1) is 5.16. The lowest BCUT2D eigenvalue weighted by molar-refractivity contribution is 1.17. The van der Waals surface area contributed by atoms with E-state index in [-0.39, 0.29) is 0 Å². The molecule has 0 fully saturated rings. The lowest BCUT2D eigenvalue weighted by Crippen LogP contribution is -1.74. The Balaban J connectivity index is 2.77. The number of hydrogen-bond donors (Lipinski definition) is 0. The first-order valence-electron chi connectivity index (χ1n) is 2.69. The molecule has 0 N–H and O–H groups in total. The molecule has 0 aliphatic heterocycles. The zero-order valence-corrected chi connectivity index (χ0v) is 4.91. The molecule has 0 bridgehead atoms. The quantitative estimate of drug-likeness (QED) is 0.517. The normalized spacial score (nSPS) is 10.6. The lowest BCUT2D eigenvalue weighted by Gasteiger charge is -1.85. The van der Waals surface area contributed by atoms with Gasteiger partial charge in [0, 0.05) is 18.6 Å². The van der Waals surface area contributed by atoms with Crippen molar-refractivity contribution in [3.05, 3.63) is 30.6 Å². The molecule has 0 saturated carbocycles. The summed E-state index contributed by atoms with van der Waals surface area (Å²) in [5.41, 5.74) is 0. The van der Waals surface area contributed by atoms with E-state index in [0.717, 1.165) is 0 Å². The summed E-state index contributed by atoms with van der Waals surface area (Å²) in [6.07, 6.45) is 8.00. The Morgan fingerprint density at radius 3 is 2.38 bits per heavy atom. The van der Waals surface area contributed by atoms with Crippen molar-refractivity contribution >= 4 is 6.20 Å². The minimum atomic E-state index is 2.00. The fourth-order valence-corrected chi connectivity index (χ4v) is 0.619. The molecule has 0 aliphatic carbocycles. The van der Waals surface area contributed by atoms with Gasteiger partial charge in [0.1, 0.15) is 0 Å². The van der Waals surface area contributed by atoms with Gasteiger partial charge in [-0.15, -0.1) is 0 Å². The Hall–Kier alpha value is -0.980. The van der Waals surface area contributed by atoms with Gasteiger partial charge in [0.15, 0.2) is 0 Å². The first-order valence-corrected chi connectivity index (χ1v) is 2.69. The van der Waals surface area contributed by atoms with Gasteiger partial charge in [0.2, 0.25) is 0 Å². The molecular weight excluding hydrogens is 98.1 g/mol. The standard InChI is InChI=1S/C7H9N/c1-2-5-8-6-3-4-7-8/h2-7H,1H3. The fourth-order valence-electron chi connectivity index (χ4n) is 0.619. The molecule has 1 nitrogen and oxygen atoms in total. The maximum absolute atomic E-state index is 2.00. The van der Waals surface area contributed by atoms with E-state index in [4.69, 9.17) is 0 Å². The maximum Gasteiger partial charge on any atom is 0.00823 e. The van der Waals surface area contributed by atoms with Gasteiger partial charge in [-0.25, -0.2) is 0 Å². The van der Waals surface area contributed by atoms with E-state index in [1.807, 2.05) is 48.3 Å². The Kier molecular flexibility index (Phi) is 1.52. The van der Waals surface area contributed by atoms with Gasteiger partial charge in [-0.05, 0) is 19.1 Å². The molecule has 0 aliphatic rings. The van der Waals surface area contributed by atoms with E-state index in [0.29, 0.717) is 0 Å². The number of rotatable bonds is 1. The molecule has 1 aromatic heterocycles. The fraction of sp³-hybridized carbons (Fsp3) is 0.143. The third-order valence-electron chi connectivity index (χ3n) is 0.949. The predicted molar refractivity (Wildman–Crippen MR) is 35.4 cm³/mol. The van der Waals surface area contributed by atoms with E-state index in [9.17, 15) is 0 Å². The third-order valence-corrected chi connectivity index (χ3v) is 0.949. The van der Waals surface area contributed by atoms with Gasteiger partial charge in [0.25, 0.3) is 0 Å². The van der Waals surface area contributed by atoms with Crippen LogP contribution < -0.4 is 0 Å². The summed E-state index contributed by atoms with van der Waals surface area (Å²) >= 11 is 0. The van der Waals surface area contributed by atoms with Crippen molar-refractivity contribution in [2.24, 2.45) is 0 Å². The van der Waals surface area contributed by atoms with Crippen LogP contribution in [0, 0.1) is 0 Å². The Bertz CT molecular complexity index is 161. The molecule has 1 rings (SSSR count). The zero-order valence-electron chi connectivity index (χ0n) is 4.91. The Morgan fingerprint density at radius 2 is 1.88 bits per heavy atom. The van der Waals surface area contributed by atoms with Crippen LogP contribution in [-0.2, 0) is 0 Å². The van der Waals surface area contributed by atoms with Crippen molar-refractivity contribution in [3.8, 4) is 0 Å². The van der Waals surface area contributed by atoms with Crippen LogP contribution in [0.4, 0.5) is 0 Å². The highest BCUT2D eigenvalue weighted by Gasteiger charge is 1.73. The highest BCUT2D eigenvalue weighted by atomic mass is 14.9. The van der Waals surface area contributed by atoms with Crippen LogP contribution in [0.5, 0.6) is 0 Å². The van der Waals surface area contributed by atoms with Crippen molar-refractivity contribution < 1.29 is 0 Å². The second-order valence-corrected chi connectivity index (χ2v) is 1.61. The van der Waals surface area contributed by atoms with Crippen LogP contribution in [0.1, 0.15) is 6.92 Å². The van der Waals surface area contributed by atoms with Gasteiger partial charge in [0.05, 0.1) is 0 Å². The van der Waals surface area contributed by atoms with Crippen LogP contribution in [0.25, 0.3) is 6.20 Å². The maximum atomic E-state index is 2.00. The molecule has 0 spiro atoms. The second-order valence-electron chi connectivity index (χ2n) is 1.61. The number of nitrogens with zero attached hydrogens (tertiary/aromatic N) is 1. The van der Waals surface area contributed by atoms with E-state index >= 15 is 0 Å². The van der Waals surface area contributed by atoms with Crippen LogP contribution in [-0.4, -0.2) is 4.57 Å². The molecule has 0 aromatic carbocycles. The van der Waals surface area contributed by atoms with Gasteiger partial charge in [-0.2, -0.15) is 0 Å². The Morgan fingerprint density at radius 1 is 1.25 bits per heavy atom. The molecule has 0 unspecified atom stereocenters. The molecule has 42 valence electrons. The van der Waals surface area contributed by atoms with Crippen LogP contribution in [0.3, 0.4) is 0 Å². The molecule has 0 atom stereocenters. The van der Waals surface area contributed by atoms with Crippen molar-refractivity contribution in [1.29, 1.82) is 0 Å². The molecule has 0 amide bonds. The van der Waals surface area contributed by atoms with Crippen molar-refractivity contribution in [1.82, 2.24) is 4.57 Å². The number of hydrogen-bond acceptors (Lipinski definition) is 0. The minimum absolute atomic E-state index is 2.00. The number of allylic oxidation sites excluding steroid dienone is 1. The molecule has 1 heterocycles. The van der Waals surface area contributed by atoms with E-state index in [2.05, 4.69) is 0 Å². The first-order chi connectivity index (χ1) is 3.93. The second kappa shape index (κ2) is 2.36. The van der Waals surface area contributed by atoms with E-state index in [1.54, 1.807) is 0 Å². The molecule has 1 aromatic rings. The summed E-state index contributed by atoms with van der Waals surface area (Å²) < 4.78 is 2.00. The summed E-state index contributed by atoms with van der Waals surface area (Å²) in [5.74, 6) is 0. The van der Waals surface area contributed by atoms with Crippen LogP contribution >= 0.6 is 0 Å². The van der Waals surface area contributed by atoms with Crippen molar-refractivity contribution in [2.75, 3.05) is 0 Å².